The number of ether oxygens (including phenoxy) is 1. The van der Waals surface area contributed by atoms with Crippen LogP contribution in [0.4, 0.5) is 19.1 Å². The molecule has 1 aliphatic heterocycles. The van der Waals surface area contributed by atoms with Crippen molar-refractivity contribution < 1.29 is 17.9 Å². The monoisotopic (exact) mass is 356 g/mol. The van der Waals surface area contributed by atoms with Crippen molar-refractivity contribution in [2.45, 2.75) is 50.4 Å². The van der Waals surface area contributed by atoms with Crippen molar-refractivity contribution in [1.29, 1.82) is 0 Å². The Bertz CT molecular complexity index is 618. The van der Waals surface area contributed by atoms with Gasteiger partial charge in [-0.2, -0.15) is 13.2 Å². The van der Waals surface area contributed by atoms with E-state index in [9.17, 15) is 13.2 Å². The zero-order valence-corrected chi connectivity index (χ0v) is 14.0. The zero-order chi connectivity index (χ0) is 17.5. The number of anilines is 1. The van der Waals surface area contributed by atoms with Gasteiger partial charge in [-0.15, -0.1) is 0 Å². The molecule has 2 heterocycles. The van der Waals surface area contributed by atoms with Crippen molar-refractivity contribution in [3.05, 3.63) is 18.0 Å². The quantitative estimate of drug-likeness (QED) is 0.795. The molecule has 2 aliphatic carbocycles. The highest BCUT2D eigenvalue weighted by Gasteiger charge is 2.64. The predicted octanol–water partition coefficient (Wildman–Crippen LogP) is 2.84. The first-order valence-electron chi connectivity index (χ1n) is 9.00. The van der Waals surface area contributed by atoms with Gasteiger partial charge in [0, 0.05) is 43.3 Å². The second kappa shape index (κ2) is 6.39. The summed E-state index contributed by atoms with van der Waals surface area (Å²) in [7, 11) is 0. The van der Waals surface area contributed by atoms with Gasteiger partial charge in [-0.05, 0) is 25.3 Å². The number of hydrogen-bond acceptors (Lipinski definition) is 5. The maximum atomic E-state index is 12.7. The lowest BCUT2D eigenvalue weighted by Crippen LogP contribution is -2.67. The van der Waals surface area contributed by atoms with E-state index in [1.807, 2.05) is 0 Å². The lowest BCUT2D eigenvalue weighted by Gasteiger charge is -2.57. The highest BCUT2D eigenvalue weighted by atomic mass is 19.4. The summed E-state index contributed by atoms with van der Waals surface area (Å²) >= 11 is 0. The molecule has 3 aliphatic rings. The molecule has 8 heteroatoms. The first-order chi connectivity index (χ1) is 12.0. The fourth-order valence-electron chi connectivity index (χ4n) is 5.01. The smallest absolute Gasteiger partial charge is 0.377 e. The maximum Gasteiger partial charge on any atom is 0.433 e. The molecule has 3 fully saturated rings. The molecule has 138 valence electrons. The molecule has 0 aromatic carbocycles. The van der Waals surface area contributed by atoms with Crippen molar-refractivity contribution in [2.24, 2.45) is 11.3 Å². The minimum Gasteiger partial charge on any atom is -0.377 e. The normalized spacial score (nSPS) is 30.3. The standard InChI is InChI=1S/C17H23F3N4O/c18-17(19,20)12-3-7-22-15(24-12)23-9-8-21-13-11-4-10-25-14(11)16(13)5-1-2-6-16/h3,7,11,13-14,21H,1-2,4-6,8-10H2,(H,22,23,24). The van der Waals surface area contributed by atoms with E-state index in [4.69, 9.17) is 4.74 Å². The third-order valence-electron chi connectivity index (χ3n) is 6.00. The summed E-state index contributed by atoms with van der Waals surface area (Å²) in [5.41, 5.74) is -0.638. The number of rotatable bonds is 5. The zero-order valence-electron chi connectivity index (χ0n) is 14.0. The number of halogens is 3. The second-order valence-electron chi connectivity index (χ2n) is 7.31. The van der Waals surface area contributed by atoms with Gasteiger partial charge in [0.25, 0.3) is 0 Å². The van der Waals surface area contributed by atoms with Crippen LogP contribution >= 0.6 is 0 Å². The van der Waals surface area contributed by atoms with E-state index in [0.29, 0.717) is 31.2 Å². The molecule has 0 bridgehead atoms. The van der Waals surface area contributed by atoms with Crippen LogP contribution in [0.25, 0.3) is 0 Å². The Labute approximate surface area is 144 Å². The topological polar surface area (TPSA) is 59.1 Å². The van der Waals surface area contributed by atoms with Crippen LogP contribution in [0.1, 0.15) is 37.8 Å². The molecule has 3 unspecified atom stereocenters. The van der Waals surface area contributed by atoms with Crippen LogP contribution in [0, 0.1) is 11.3 Å². The minimum absolute atomic E-state index is 0.0166. The lowest BCUT2D eigenvalue weighted by atomic mass is 9.54. The Hall–Kier alpha value is -1.41. The van der Waals surface area contributed by atoms with E-state index in [2.05, 4.69) is 20.6 Å². The largest absolute Gasteiger partial charge is 0.433 e. The van der Waals surface area contributed by atoms with E-state index >= 15 is 0 Å². The van der Waals surface area contributed by atoms with Crippen LogP contribution in [-0.2, 0) is 10.9 Å². The molecule has 4 rings (SSSR count). The first-order valence-corrected chi connectivity index (χ1v) is 9.00. The third kappa shape index (κ3) is 2.99. The van der Waals surface area contributed by atoms with E-state index < -0.39 is 11.9 Å². The number of aromatic nitrogens is 2. The van der Waals surface area contributed by atoms with Gasteiger partial charge in [0.15, 0.2) is 0 Å². The predicted molar refractivity (Wildman–Crippen MR) is 86.1 cm³/mol. The summed E-state index contributed by atoms with van der Waals surface area (Å²) in [6.07, 6.45) is 3.16. The fourth-order valence-corrected chi connectivity index (χ4v) is 5.01. The molecule has 25 heavy (non-hydrogen) atoms. The SMILES string of the molecule is FC(F)(F)c1ccnc(NCCNC2C3CCOC3C23CCCC3)n1. The van der Waals surface area contributed by atoms with Crippen molar-refractivity contribution in [3.8, 4) is 0 Å². The van der Waals surface area contributed by atoms with Crippen molar-refractivity contribution >= 4 is 5.95 Å². The summed E-state index contributed by atoms with van der Waals surface area (Å²) in [6.45, 7) is 2.02. The van der Waals surface area contributed by atoms with Gasteiger partial charge in [-0.3, -0.25) is 0 Å². The summed E-state index contributed by atoms with van der Waals surface area (Å²) < 4.78 is 44.0. The average molecular weight is 356 g/mol. The van der Waals surface area contributed by atoms with Gasteiger partial charge < -0.3 is 15.4 Å². The number of fused-ring (bicyclic) bond motifs is 2. The molecule has 1 spiro atoms. The molecule has 1 saturated heterocycles. The van der Waals surface area contributed by atoms with Crippen molar-refractivity contribution in [2.75, 3.05) is 25.0 Å². The second-order valence-corrected chi connectivity index (χ2v) is 7.31. The van der Waals surface area contributed by atoms with Gasteiger partial charge in [0.1, 0.15) is 5.69 Å². The molecule has 0 radical (unpaired) electrons. The summed E-state index contributed by atoms with van der Waals surface area (Å²) in [4.78, 5) is 7.38. The van der Waals surface area contributed by atoms with Crippen LogP contribution < -0.4 is 10.6 Å². The molecule has 2 N–H and O–H groups in total. The van der Waals surface area contributed by atoms with Crippen LogP contribution in [0.15, 0.2) is 12.3 Å². The lowest BCUT2D eigenvalue weighted by molar-refractivity contribution is -0.141. The van der Waals surface area contributed by atoms with E-state index in [-0.39, 0.29) is 11.4 Å². The van der Waals surface area contributed by atoms with Crippen LogP contribution in [0.3, 0.4) is 0 Å². The van der Waals surface area contributed by atoms with Gasteiger partial charge in [-0.25, -0.2) is 9.97 Å². The van der Waals surface area contributed by atoms with Gasteiger partial charge >= 0.3 is 6.18 Å². The molecule has 2 saturated carbocycles. The summed E-state index contributed by atoms with van der Waals surface area (Å²) in [5, 5.41) is 6.50. The highest BCUT2D eigenvalue weighted by Crippen LogP contribution is 2.60. The van der Waals surface area contributed by atoms with Gasteiger partial charge in [0.05, 0.1) is 6.10 Å². The van der Waals surface area contributed by atoms with E-state index in [0.717, 1.165) is 25.3 Å². The Morgan fingerprint density at radius 2 is 2.04 bits per heavy atom. The summed E-state index contributed by atoms with van der Waals surface area (Å²) in [6, 6.07) is 1.34. The number of nitrogens with zero attached hydrogens (tertiary/aromatic N) is 2. The number of nitrogens with one attached hydrogen (secondary N) is 2. The third-order valence-corrected chi connectivity index (χ3v) is 6.00. The first kappa shape index (κ1) is 17.0. The average Bonchev–Trinajstić information content (AvgIpc) is 3.22. The molecular formula is C17H23F3N4O. The number of hydrogen-bond donors (Lipinski definition) is 2. The van der Waals surface area contributed by atoms with E-state index in [1.54, 1.807) is 0 Å². The minimum atomic E-state index is -4.45. The maximum absolute atomic E-state index is 12.7. The van der Waals surface area contributed by atoms with Crippen molar-refractivity contribution in [3.63, 3.8) is 0 Å². The van der Waals surface area contributed by atoms with Crippen LogP contribution in [0.2, 0.25) is 0 Å². The van der Waals surface area contributed by atoms with Crippen LogP contribution in [0.5, 0.6) is 0 Å². The Kier molecular flexibility index (Phi) is 4.35. The number of alkyl halides is 3. The van der Waals surface area contributed by atoms with Crippen LogP contribution in [-0.4, -0.2) is 41.8 Å². The molecule has 1 aromatic rings. The summed E-state index contributed by atoms with van der Waals surface area (Å²) in [5.74, 6) is 0.603. The Balaban J connectivity index is 1.30. The molecule has 1 aromatic heterocycles. The molecular weight excluding hydrogens is 333 g/mol. The van der Waals surface area contributed by atoms with Gasteiger partial charge in [0.2, 0.25) is 5.95 Å². The fraction of sp³-hybridized carbons (Fsp3) is 0.765. The molecule has 5 nitrogen and oxygen atoms in total. The van der Waals surface area contributed by atoms with Crippen molar-refractivity contribution in [1.82, 2.24) is 15.3 Å². The molecule has 3 atom stereocenters. The Morgan fingerprint density at radius 3 is 2.80 bits per heavy atom. The highest BCUT2D eigenvalue weighted by molar-refractivity contribution is 5.26. The van der Waals surface area contributed by atoms with Gasteiger partial charge in [-0.1, -0.05) is 12.8 Å². The Morgan fingerprint density at radius 1 is 1.24 bits per heavy atom. The van der Waals surface area contributed by atoms with E-state index in [1.165, 1.54) is 25.7 Å². The molecule has 0 amide bonds.